The lowest BCUT2D eigenvalue weighted by Crippen LogP contribution is -2.51. The van der Waals surface area contributed by atoms with Gasteiger partial charge in [-0.25, -0.2) is 4.98 Å². The van der Waals surface area contributed by atoms with Crippen LogP contribution in [0.3, 0.4) is 0 Å². The van der Waals surface area contributed by atoms with Crippen LogP contribution < -0.4 is 15.5 Å². The smallest absolute Gasteiger partial charge is 0.248 e. The number of amides is 2. The molecule has 3 aromatic rings. The average molecular weight is 450 g/mol. The number of rotatable bonds is 4. The minimum absolute atomic E-state index is 0.0991. The highest BCUT2D eigenvalue weighted by Gasteiger charge is 2.31. The number of thiazole rings is 1. The molecule has 2 amide bonds. The topological polar surface area (TPSA) is 82.8 Å². The molecule has 166 valence electrons. The Morgan fingerprint density at radius 2 is 1.56 bits per heavy atom. The quantitative estimate of drug-likeness (QED) is 0.662. The van der Waals surface area contributed by atoms with Crippen molar-refractivity contribution >= 4 is 44.2 Å². The summed E-state index contributed by atoms with van der Waals surface area (Å²) >= 11 is 1.73. The highest BCUT2D eigenvalue weighted by molar-refractivity contribution is 7.22. The molecule has 0 saturated carbocycles. The van der Waals surface area contributed by atoms with E-state index in [0.29, 0.717) is 5.56 Å². The van der Waals surface area contributed by atoms with Gasteiger partial charge in [0.1, 0.15) is 0 Å². The standard InChI is InChI=1S/C24H27N5O2S/c25-22(30)17-5-7-19(8-6-17)27-13-15-28(16-14-27)23(31)18-9-11-29(12-10-18)24-26-20-3-1-2-4-21(20)32-24/h1-8,18H,9-16H2,(H2,25,30). The number of aromatic nitrogens is 1. The van der Waals surface area contributed by atoms with Crippen LogP contribution in [0.4, 0.5) is 10.8 Å². The minimum atomic E-state index is -0.416. The van der Waals surface area contributed by atoms with Crippen molar-refractivity contribution in [2.45, 2.75) is 12.8 Å². The van der Waals surface area contributed by atoms with Gasteiger partial charge in [-0.15, -0.1) is 0 Å². The van der Waals surface area contributed by atoms with E-state index >= 15 is 0 Å². The summed E-state index contributed by atoms with van der Waals surface area (Å²) < 4.78 is 1.21. The van der Waals surface area contributed by atoms with Crippen LogP contribution in [0.15, 0.2) is 48.5 Å². The number of piperidine rings is 1. The fourth-order valence-electron chi connectivity index (χ4n) is 4.59. The third kappa shape index (κ3) is 4.14. The summed E-state index contributed by atoms with van der Waals surface area (Å²) in [6.45, 7) is 4.81. The van der Waals surface area contributed by atoms with Crippen molar-refractivity contribution in [3.8, 4) is 0 Å². The van der Waals surface area contributed by atoms with Gasteiger partial charge in [0.2, 0.25) is 11.8 Å². The van der Waals surface area contributed by atoms with Crippen molar-refractivity contribution in [3.63, 3.8) is 0 Å². The second kappa shape index (κ2) is 8.78. The van der Waals surface area contributed by atoms with Gasteiger partial charge in [0.15, 0.2) is 5.13 Å². The Bertz CT molecular complexity index is 1080. The van der Waals surface area contributed by atoms with Crippen LogP contribution in [0.1, 0.15) is 23.2 Å². The predicted molar refractivity (Wildman–Crippen MR) is 128 cm³/mol. The van der Waals surface area contributed by atoms with E-state index in [1.807, 2.05) is 29.2 Å². The zero-order valence-electron chi connectivity index (χ0n) is 17.9. The van der Waals surface area contributed by atoms with Crippen LogP contribution in [0.5, 0.6) is 0 Å². The van der Waals surface area contributed by atoms with Crippen molar-refractivity contribution < 1.29 is 9.59 Å². The molecule has 0 spiro atoms. The normalized spacial score (nSPS) is 17.7. The number of anilines is 2. The lowest BCUT2D eigenvalue weighted by molar-refractivity contribution is -0.136. The first-order valence-electron chi connectivity index (χ1n) is 11.1. The highest BCUT2D eigenvalue weighted by Crippen LogP contribution is 2.32. The molecule has 2 aromatic carbocycles. The third-order valence-electron chi connectivity index (χ3n) is 6.51. The molecule has 2 fully saturated rings. The number of piperazine rings is 1. The largest absolute Gasteiger partial charge is 0.368 e. The van der Waals surface area contributed by atoms with Crippen LogP contribution in [-0.2, 0) is 4.79 Å². The number of carbonyl (C=O) groups excluding carboxylic acids is 2. The molecule has 0 aliphatic carbocycles. The molecule has 8 heteroatoms. The van der Waals surface area contributed by atoms with Crippen molar-refractivity contribution in [2.75, 3.05) is 49.1 Å². The van der Waals surface area contributed by atoms with E-state index in [4.69, 9.17) is 10.7 Å². The molecule has 0 bridgehead atoms. The summed E-state index contributed by atoms with van der Waals surface area (Å²) in [5.74, 6) is -0.0270. The van der Waals surface area contributed by atoms with Crippen LogP contribution in [0.2, 0.25) is 0 Å². The van der Waals surface area contributed by atoms with Gasteiger partial charge in [-0.3, -0.25) is 9.59 Å². The molecule has 2 saturated heterocycles. The van der Waals surface area contributed by atoms with Gasteiger partial charge in [-0.1, -0.05) is 23.5 Å². The fraction of sp³-hybridized carbons (Fsp3) is 0.375. The van der Waals surface area contributed by atoms with E-state index < -0.39 is 5.91 Å². The molecule has 1 aromatic heterocycles. The molecular weight excluding hydrogens is 422 g/mol. The minimum Gasteiger partial charge on any atom is -0.368 e. The number of carbonyl (C=O) groups is 2. The Labute approximate surface area is 191 Å². The van der Waals surface area contributed by atoms with Gasteiger partial charge >= 0.3 is 0 Å². The van der Waals surface area contributed by atoms with Gasteiger partial charge in [0.25, 0.3) is 0 Å². The van der Waals surface area contributed by atoms with Gasteiger partial charge < -0.3 is 20.4 Å². The number of benzene rings is 2. The molecule has 3 heterocycles. The van der Waals surface area contributed by atoms with E-state index in [2.05, 4.69) is 21.9 Å². The van der Waals surface area contributed by atoms with E-state index in [1.54, 1.807) is 23.5 Å². The molecule has 2 aliphatic rings. The third-order valence-corrected chi connectivity index (χ3v) is 7.60. The molecule has 0 unspecified atom stereocenters. The number of nitrogens with two attached hydrogens (primary N) is 1. The summed E-state index contributed by atoms with van der Waals surface area (Å²) in [4.78, 5) is 35.7. The monoisotopic (exact) mass is 449 g/mol. The Morgan fingerprint density at radius 3 is 2.22 bits per heavy atom. The van der Waals surface area contributed by atoms with Crippen molar-refractivity contribution in [1.29, 1.82) is 0 Å². The Morgan fingerprint density at radius 1 is 0.875 bits per heavy atom. The lowest BCUT2D eigenvalue weighted by Gasteiger charge is -2.39. The average Bonchev–Trinajstić information content (AvgIpc) is 3.28. The summed E-state index contributed by atoms with van der Waals surface area (Å²) in [6.07, 6.45) is 1.76. The van der Waals surface area contributed by atoms with Gasteiger partial charge in [-0.2, -0.15) is 0 Å². The Hall–Kier alpha value is -3.13. The van der Waals surface area contributed by atoms with E-state index in [0.717, 1.165) is 68.4 Å². The predicted octanol–water partition coefficient (Wildman–Crippen LogP) is 2.96. The molecule has 7 nitrogen and oxygen atoms in total. The number of hydrogen-bond donors (Lipinski definition) is 1. The van der Waals surface area contributed by atoms with Crippen LogP contribution >= 0.6 is 11.3 Å². The first-order chi connectivity index (χ1) is 15.6. The maximum absolute atomic E-state index is 13.1. The second-order valence-corrected chi connectivity index (χ2v) is 9.46. The maximum atomic E-state index is 13.1. The molecule has 0 atom stereocenters. The molecule has 2 N–H and O–H groups in total. The lowest BCUT2D eigenvalue weighted by atomic mass is 9.95. The zero-order chi connectivity index (χ0) is 22.1. The number of hydrogen-bond acceptors (Lipinski definition) is 6. The molecule has 0 radical (unpaired) electrons. The number of fused-ring (bicyclic) bond motifs is 1. The molecule has 32 heavy (non-hydrogen) atoms. The SMILES string of the molecule is NC(=O)c1ccc(N2CCN(C(=O)C3CCN(c4nc5ccccc5s4)CC3)CC2)cc1. The maximum Gasteiger partial charge on any atom is 0.248 e. The van der Waals surface area contributed by atoms with E-state index in [1.165, 1.54) is 4.70 Å². The Kier molecular flexibility index (Phi) is 5.70. The van der Waals surface area contributed by atoms with Crippen molar-refractivity contribution in [1.82, 2.24) is 9.88 Å². The van der Waals surface area contributed by atoms with Gasteiger partial charge in [-0.05, 0) is 49.2 Å². The van der Waals surface area contributed by atoms with Crippen LogP contribution in [-0.4, -0.2) is 61.0 Å². The molecule has 2 aliphatic heterocycles. The fourth-order valence-corrected chi connectivity index (χ4v) is 5.61. The molecular formula is C24H27N5O2S. The summed E-state index contributed by atoms with van der Waals surface area (Å²) in [5, 5.41) is 1.06. The van der Waals surface area contributed by atoms with E-state index in [-0.39, 0.29) is 11.8 Å². The summed E-state index contributed by atoms with van der Waals surface area (Å²) in [6, 6.07) is 15.6. The summed E-state index contributed by atoms with van der Waals surface area (Å²) in [5.41, 5.74) is 7.95. The number of nitrogens with zero attached hydrogens (tertiary/aromatic N) is 4. The number of primary amides is 1. The van der Waals surface area contributed by atoms with Gasteiger partial charge in [0, 0.05) is 56.4 Å². The van der Waals surface area contributed by atoms with Gasteiger partial charge in [0.05, 0.1) is 10.2 Å². The second-order valence-electron chi connectivity index (χ2n) is 8.45. The molecule has 5 rings (SSSR count). The van der Waals surface area contributed by atoms with E-state index in [9.17, 15) is 9.59 Å². The van der Waals surface area contributed by atoms with Crippen LogP contribution in [0.25, 0.3) is 10.2 Å². The van der Waals surface area contributed by atoms with Crippen molar-refractivity contribution in [3.05, 3.63) is 54.1 Å². The first-order valence-corrected chi connectivity index (χ1v) is 11.9. The summed E-state index contributed by atoms with van der Waals surface area (Å²) in [7, 11) is 0. The van der Waals surface area contributed by atoms with Crippen LogP contribution in [0, 0.1) is 5.92 Å². The highest BCUT2D eigenvalue weighted by atomic mass is 32.1. The first kappa shape index (κ1) is 20.8. The number of para-hydroxylation sites is 1. The van der Waals surface area contributed by atoms with Crippen molar-refractivity contribution in [2.24, 2.45) is 11.7 Å². The Balaban J connectivity index is 1.14. The zero-order valence-corrected chi connectivity index (χ0v) is 18.8.